The lowest BCUT2D eigenvalue weighted by Crippen LogP contribution is -2.54. The molecule has 1 atom stereocenters. The van der Waals surface area contributed by atoms with Gasteiger partial charge in [-0.05, 0) is 24.8 Å². The van der Waals surface area contributed by atoms with Crippen LogP contribution in [0.5, 0.6) is 0 Å². The summed E-state index contributed by atoms with van der Waals surface area (Å²) in [5, 5.41) is 11.4. The molecular formula is C16H20NO4-. The van der Waals surface area contributed by atoms with E-state index in [1.54, 1.807) is 0 Å². The summed E-state index contributed by atoms with van der Waals surface area (Å²) < 4.78 is 5.26. The van der Waals surface area contributed by atoms with Crippen LogP contribution < -0.4 is 5.11 Å². The highest BCUT2D eigenvalue weighted by Gasteiger charge is 2.37. The van der Waals surface area contributed by atoms with Crippen LogP contribution in [0.15, 0.2) is 30.3 Å². The van der Waals surface area contributed by atoms with Gasteiger partial charge in [-0.2, -0.15) is 0 Å². The van der Waals surface area contributed by atoms with Gasteiger partial charge >= 0.3 is 6.09 Å². The molecule has 0 bridgehead atoms. The summed E-state index contributed by atoms with van der Waals surface area (Å²) in [4.78, 5) is 24.9. The SMILES string of the molecule is CCC1(C(=O)[O-])CCCN(C(=O)OCc2ccccc2)C1. The maximum absolute atomic E-state index is 12.1. The quantitative estimate of drug-likeness (QED) is 0.844. The Morgan fingerprint density at radius 2 is 2.05 bits per heavy atom. The van der Waals surface area contributed by atoms with Crippen LogP contribution in [0.3, 0.4) is 0 Å². The molecule has 114 valence electrons. The van der Waals surface area contributed by atoms with Crippen molar-refractivity contribution in [3.63, 3.8) is 0 Å². The molecule has 0 aliphatic carbocycles. The number of benzene rings is 1. The first kappa shape index (κ1) is 15.4. The molecule has 1 amide bonds. The van der Waals surface area contributed by atoms with Crippen molar-refractivity contribution in [3.8, 4) is 0 Å². The van der Waals surface area contributed by atoms with Crippen molar-refractivity contribution in [2.75, 3.05) is 13.1 Å². The lowest BCUT2D eigenvalue weighted by molar-refractivity contribution is -0.321. The van der Waals surface area contributed by atoms with Gasteiger partial charge in [-0.3, -0.25) is 0 Å². The first-order valence-electron chi connectivity index (χ1n) is 7.24. The van der Waals surface area contributed by atoms with Crippen molar-refractivity contribution in [2.45, 2.75) is 32.8 Å². The van der Waals surface area contributed by atoms with Crippen molar-refractivity contribution in [1.29, 1.82) is 0 Å². The van der Waals surface area contributed by atoms with Gasteiger partial charge in [-0.25, -0.2) is 4.79 Å². The Bertz CT molecular complexity index is 502. The van der Waals surface area contributed by atoms with E-state index in [0.717, 1.165) is 5.56 Å². The molecule has 0 saturated carbocycles. The summed E-state index contributed by atoms with van der Waals surface area (Å²) in [5.41, 5.74) is -0.0335. The third-order valence-electron chi connectivity index (χ3n) is 4.15. The summed E-state index contributed by atoms with van der Waals surface area (Å²) in [6.07, 6.45) is 1.20. The van der Waals surface area contributed by atoms with Crippen molar-refractivity contribution < 1.29 is 19.4 Å². The van der Waals surface area contributed by atoms with Crippen LogP contribution >= 0.6 is 0 Å². The molecule has 1 aliphatic heterocycles. The molecule has 1 aromatic carbocycles. The van der Waals surface area contributed by atoms with E-state index in [1.165, 1.54) is 4.90 Å². The zero-order chi connectivity index (χ0) is 15.3. The molecule has 1 aliphatic rings. The maximum Gasteiger partial charge on any atom is 0.410 e. The number of likely N-dealkylation sites (tertiary alicyclic amines) is 1. The number of ether oxygens (including phenoxy) is 1. The van der Waals surface area contributed by atoms with Crippen LogP contribution in [0.4, 0.5) is 4.79 Å². The zero-order valence-corrected chi connectivity index (χ0v) is 12.2. The van der Waals surface area contributed by atoms with Gasteiger partial charge in [0.05, 0.1) is 0 Å². The normalized spacial score (nSPS) is 21.9. The summed E-state index contributed by atoms with van der Waals surface area (Å²) in [5.74, 6) is -1.08. The summed E-state index contributed by atoms with van der Waals surface area (Å²) in [7, 11) is 0. The van der Waals surface area contributed by atoms with Crippen LogP contribution in [0.1, 0.15) is 31.7 Å². The van der Waals surface area contributed by atoms with E-state index in [2.05, 4.69) is 0 Å². The van der Waals surface area contributed by atoms with E-state index in [9.17, 15) is 14.7 Å². The second-order valence-corrected chi connectivity index (χ2v) is 5.49. The fourth-order valence-electron chi connectivity index (χ4n) is 2.70. The fourth-order valence-corrected chi connectivity index (χ4v) is 2.70. The van der Waals surface area contributed by atoms with E-state index in [-0.39, 0.29) is 13.2 Å². The number of carbonyl (C=O) groups is 2. The molecule has 5 nitrogen and oxygen atoms in total. The molecule has 5 heteroatoms. The molecule has 0 N–H and O–H groups in total. The van der Waals surface area contributed by atoms with Crippen molar-refractivity contribution in [2.24, 2.45) is 5.41 Å². The zero-order valence-electron chi connectivity index (χ0n) is 12.2. The van der Waals surface area contributed by atoms with Gasteiger partial charge in [-0.1, -0.05) is 37.3 Å². The first-order valence-corrected chi connectivity index (χ1v) is 7.24. The molecule has 0 radical (unpaired) electrons. The minimum Gasteiger partial charge on any atom is -0.549 e. The Labute approximate surface area is 124 Å². The number of carboxylic acids is 1. The largest absolute Gasteiger partial charge is 0.549 e. The van der Waals surface area contributed by atoms with Gasteiger partial charge in [0.1, 0.15) is 6.61 Å². The van der Waals surface area contributed by atoms with E-state index < -0.39 is 17.5 Å². The Hall–Kier alpha value is -2.04. The molecule has 1 aromatic rings. The Morgan fingerprint density at radius 3 is 2.67 bits per heavy atom. The number of piperidine rings is 1. The van der Waals surface area contributed by atoms with E-state index in [0.29, 0.717) is 25.8 Å². The number of rotatable bonds is 4. The molecule has 1 heterocycles. The standard InChI is InChI=1S/C16H21NO4/c1-2-16(14(18)19)9-6-10-17(12-16)15(20)21-11-13-7-4-3-5-8-13/h3-5,7-8H,2,6,9-12H2,1H3,(H,18,19)/p-1. The summed E-state index contributed by atoms with van der Waals surface area (Å²) in [6.45, 7) is 2.71. The maximum atomic E-state index is 12.1. The summed E-state index contributed by atoms with van der Waals surface area (Å²) >= 11 is 0. The number of amides is 1. The molecule has 1 unspecified atom stereocenters. The van der Waals surface area contributed by atoms with E-state index in [1.807, 2.05) is 37.3 Å². The minimum atomic E-state index is -1.08. The van der Waals surface area contributed by atoms with Crippen LogP contribution in [0.25, 0.3) is 0 Å². The first-order chi connectivity index (χ1) is 10.1. The fraction of sp³-hybridized carbons (Fsp3) is 0.500. The average molecular weight is 290 g/mol. The van der Waals surface area contributed by atoms with E-state index >= 15 is 0 Å². The monoisotopic (exact) mass is 290 g/mol. The Balaban J connectivity index is 1.94. The van der Waals surface area contributed by atoms with Gasteiger partial charge in [0.25, 0.3) is 0 Å². The van der Waals surface area contributed by atoms with Crippen molar-refractivity contribution in [3.05, 3.63) is 35.9 Å². The molecule has 0 aromatic heterocycles. The number of aliphatic carboxylic acids is 1. The number of nitrogens with zero attached hydrogens (tertiary/aromatic N) is 1. The number of hydrogen-bond acceptors (Lipinski definition) is 4. The van der Waals surface area contributed by atoms with Crippen LogP contribution in [0, 0.1) is 5.41 Å². The highest BCUT2D eigenvalue weighted by atomic mass is 16.6. The van der Waals surface area contributed by atoms with Crippen LogP contribution in [-0.2, 0) is 16.1 Å². The second kappa shape index (κ2) is 6.61. The van der Waals surface area contributed by atoms with Crippen LogP contribution in [-0.4, -0.2) is 30.1 Å². The average Bonchev–Trinajstić information content (AvgIpc) is 2.53. The third kappa shape index (κ3) is 3.54. The van der Waals surface area contributed by atoms with Crippen molar-refractivity contribution in [1.82, 2.24) is 4.90 Å². The van der Waals surface area contributed by atoms with Gasteiger partial charge in [0.15, 0.2) is 0 Å². The van der Waals surface area contributed by atoms with E-state index in [4.69, 9.17) is 4.74 Å². The smallest absolute Gasteiger partial charge is 0.410 e. The molecule has 2 rings (SSSR count). The molecule has 0 spiro atoms. The van der Waals surface area contributed by atoms with Gasteiger partial charge in [-0.15, -0.1) is 0 Å². The van der Waals surface area contributed by atoms with Crippen LogP contribution in [0.2, 0.25) is 0 Å². The molecule has 21 heavy (non-hydrogen) atoms. The number of hydrogen-bond donors (Lipinski definition) is 0. The Kier molecular flexibility index (Phi) is 4.83. The lowest BCUT2D eigenvalue weighted by atomic mass is 9.78. The molecule has 1 saturated heterocycles. The minimum absolute atomic E-state index is 0.166. The highest BCUT2D eigenvalue weighted by Crippen LogP contribution is 2.33. The van der Waals surface area contributed by atoms with Crippen molar-refractivity contribution >= 4 is 12.1 Å². The number of carbonyl (C=O) groups excluding carboxylic acids is 2. The topological polar surface area (TPSA) is 69.7 Å². The molecular weight excluding hydrogens is 270 g/mol. The highest BCUT2D eigenvalue weighted by molar-refractivity contribution is 5.75. The lowest BCUT2D eigenvalue weighted by Gasteiger charge is -2.42. The van der Waals surface area contributed by atoms with Gasteiger partial charge < -0.3 is 19.5 Å². The van der Waals surface area contributed by atoms with Gasteiger partial charge in [0.2, 0.25) is 0 Å². The Morgan fingerprint density at radius 1 is 1.33 bits per heavy atom. The number of carboxylic acid groups (broad SMARTS) is 1. The third-order valence-corrected chi connectivity index (χ3v) is 4.15. The molecule has 1 fully saturated rings. The summed E-state index contributed by atoms with van der Waals surface area (Å²) in [6, 6.07) is 9.40. The predicted octanol–water partition coefficient (Wildman–Crippen LogP) is 1.57. The predicted molar refractivity (Wildman–Crippen MR) is 75.2 cm³/mol. The van der Waals surface area contributed by atoms with Gasteiger partial charge in [0, 0.05) is 24.5 Å². The second-order valence-electron chi connectivity index (χ2n) is 5.49.